The summed E-state index contributed by atoms with van der Waals surface area (Å²) in [5.41, 5.74) is 3.00. The van der Waals surface area contributed by atoms with Crippen LogP contribution in [0.2, 0.25) is 5.02 Å². The molecule has 3 rings (SSSR count). The van der Waals surface area contributed by atoms with Crippen molar-refractivity contribution in [1.82, 2.24) is 9.97 Å². The van der Waals surface area contributed by atoms with Gasteiger partial charge in [0.05, 0.1) is 4.75 Å². The number of benzene rings is 1. The fraction of sp³-hybridized carbons (Fsp3) is 0.474. The maximum Gasteiger partial charge on any atom is 0.161 e. The van der Waals surface area contributed by atoms with Crippen molar-refractivity contribution in [3.8, 4) is 11.4 Å². The first-order chi connectivity index (χ1) is 12.2. The highest BCUT2D eigenvalue weighted by atomic mass is 35.5. The fourth-order valence-electron chi connectivity index (χ4n) is 2.92. The molecule has 0 saturated heterocycles. The lowest BCUT2D eigenvalue weighted by molar-refractivity contribution is 0.559. The van der Waals surface area contributed by atoms with Crippen molar-refractivity contribution >= 4 is 27.3 Å². The number of hydrogen-bond acceptors (Lipinski definition) is 5. The van der Waals surface area contributed by atoms with Crippen molar-refractivity contribution in [1.29, 1.82) is 0 Å². The minimum absolute atomic E-state index is 0.296. The van der Waals surface area contributed by atoms with Crippen LogP contribution in [0.15, 0.2) is 24.3 Å². The molecule has 1 heterocycles. The molecule has 2 aromatic rings. The van der Waals surface area contributed by atoms with E-state index in [1.807, 2.05) is 24.3 Å². The first kappa shape index (κ1) is 19.1. The minimum Gasteiger partial charge on any atom is -0.368 e. The summed E-state index contributed by atoms with van der Waals surface area (Å²) in [5, 5.41) is 3.92. The van der Waals surface area contributed by atoms with Crippen LogP contribution in [0.3, 0.4) is 0 Å². The number of nitrogens with zero attached hydrogens (tertiary/aromatic N) is 2. The number of rotatable bonds is 5. The average Bonchev–Trinajstić information content (AvgIpc) is 2.58. The van der Waals surface area contributed by atoms with Crippen LogP contribution in [0, 0.1) is 0 Å². The topological polar surface area (TPSA) is 72.0 Å². The standard InChI is InChI=1S/C19H24ClN3O2S/c1-19(2,26(3,24)25)12-21-18-15-9-4-5-10-16(15)22-17(23-18)13-7-6-8-14(20)11-13/h6-8,11H,4-5,9-10,12H2,1-3H3,(H,21,22,23). The molecule has 1 aliphatic carbocycles. The minimum atomic E-state index is -3.19. The molecule has 0 atom stereocenters. The summed E-state index contributed by atoms with van der Waals surface area (Å²) in [6.45, 7) is 3.74. The van der Waals surface area contributed by atoms with Gasteiger partial charge >= 0.3 is 0 Å². The van der Waals surface area contributed by atoms with Crippen LogP contribution in [0.4, 0.5) is 5.82 Å². The van der Waals surface area contributed by atoms with E-state index in [4.69, 9.17) is 21.6 Å². The van der Waals surface area contributed by atoms with Crippen molar-refractivity contribution in [3.63, 3.8) is 0 Å². The second-order valence-electron chi connectivity index (χ2n) is 7.42. The molecule has 1 aromatic heterocycles. The Morgan fingerprint density at radius 2 is 1.92 bits per heavy atom. The summed E-state index contributed by atoms with van der Waals surface area (Å²) in [7, 11) is -3.19. The van der Waals surface area contributed by atoms with Gasteiger partial charge in [0, 0.05) is 34.6 Å². The summed E-state index contributed by atoms with van der Waals surface area (Å²) in [6, 6.07) is 7.47. The molecule has 140 valence electrons. The molecular formula is C19H24ClN3O2S. The molecule has 0 saturated carbocycles. The predicted molar refractivity (Wildman–Crippen MR) is 107 cm³/mol. The predicted octanol–water partition coefficient (Wildman–Crippen LogP) is 3.91. The van der Waals surface area contributed by atoms with Gasteiger partial charge in [0.15, 0.2) is 15.7 Å². The van der Waals surface area contributed by atoms with Gasteiger partial charge in [-0.25, -0.2) is 18.4 Å². The van der Waals surface area contributed by atoms with E-state index in [1.165, 1.54) is 6.26 Å². The zero-order valence-electron chi connectivity index (χ0n) is 15.3. The van der Waals surface area contributed by atoms with E-state index in [1.54, 1.807) is 13.8 Å². The second kappa shape index (κ2) is 7.16. The normalized spacial score (nSPS) is 14.8. The summed E-state index contributed by atoms with van der Waals surface area (Å²) < 4.78 is 23.1. The zero-order valence-corrected chi connectivity index (χ0v) is 16.9. The van der Waals surface area contributed by atoms with Gasteiger partial charge in [0.25, 0.3) is 0 Å². The van der Waals surface area contributed by atoms with E-state index in [2.05, 4.69) is 5.32 Å². The number of aryl methyl sites for hydroxylation is 1. The number of aromatic nitrogens is 2. The van der Waals surface area contributed by atoms with Gasteiger partial charge in [0.1, 0.15) is 5.82 Å². The first-order valence-electron chi connectivity index (χ1n) is 8.76. The van der Waals surface area contributed by atoms with Crippen LogP contribution in [0.1, 0.15) is 37.9 Å². The lowest BCUT2D eigenvalue weighted by atomic mass is 9.96. The highest BCUT2D eigenvalue weighted by molar-refractivity contribution is 7.92. The van der Waals surface area contributed by atoms with E-state index in [-0.39, 0.29) is 0 Å². The Hall–Kier alpha value is -1.66. The highest BCUT2D eigenvalue weighted by Crippen LogP contribution is 2.30. The molecule has 0 unspecified atom stereocenters. The van der Waals surface area contributed by atoms with Gasteiger partial charge in [-0.1, -0.05) is 23.7 Å². The summed E-state index contributed by atoms with van der Waals surface area (Å²) >= 11 is 6.11. The molecule has 1 aliphatic rings. The Labute approximate surface area is 160 Å². The SMILES string of the molecule is CC(C)(CNc1nc(-c2cccc(Cl)c2)nc2c1CCCC2)S(C)(=O)=O. The number of nitrogens with one attached hydrogen (secondary N) is 1. The Morgan fingerprint density at radius 1 is 1.19 bits per heavy atom. The largest absolute Gasteiger partial charge is 0.368 e. The van der Waals surface area contributed by atoms with Crippen LogP contribution in [-0.2, 0) is 22.7 Å². The molecule has 0 aliphatic heterocycles. The Balaban J connectivity index is 1.99. The van der Waals surface area contributed by atoms with Crippen molar-refractivity contribution in [2.45, 2.75) is 44.3 Å². The number of sulfone groups is 1. The smallest absolute Gasteiger partial charge is 0.161 e. The average molecular weight is 394 g/mol. The van der Waals surface area contributed by atoms with Crippen molar-refractivity contribution in [2.24, 2.45) is 0 Å². The maximum atomic E-state index is 12.0. The molecule has 5 nitrogen and oxygen atoms in total. The molecule has 26 heavy (non-hydrogen) atoms. The number of fused-ring (bicyclic) bond motifs is 1. The van der Waals surface area contributed by atoms with Gasteiger partial charge in [-0.2, -0.15) is 0 Å². The van der Waals surface area contributed by atoms with E-state index >= 15 is 0 Å². The molecule has 0 radical (unpaired) electrons. The number of halogens is 1. The van der Waals surface area contributed by atoms with Crippen molar-refractivity contribution in [2.75, 3.05) is 18.1 Å². The van der Waals surface area contributed by atoms with E-state index in [0.717, 1.165) is 48.3 Å². The van der Waals surface area contributed by atoms with Crippen LogP contribution in [0.5, 0.6) is 0 Å². The first-order valence-corrected chi connectivity index (χ1v) is 11.0. The van der Waals surface area contributed by atoms with Gasteiger partial charge < -0.3 is 5.32 Å². The third-order valence-electron chi connectivity index (χ3n) is 4.95. The zero-order chi connectivity index (χ0) is 18.9. The van der Waals surface area contributed by atoms with Crippen LogP contribution >= 0.6 is 11.6 Å². The molecule has 0 spiro atoms. The van der Waals surface area contributed by atoms with Crippen molar-refractivity contribution < 1.29 is 8.42 Å². The molecule has 0 amide bonds. The quantitative estimate of drug-likeness (QED) is 0.833. The van der Waals surface area contributed by atoms with Crippen LogP contribution in [0.25, 0.3) is 11.4 Å². The molecule has 1 aromatic carbocycles. The maximum absolute atomic E-state index is 12.0. The molecular weight excluding hydrogens is 370 g/mol. The van der Waals surface area contributed by atoms with Crippen LogP contribution < -0.4 is 5.32 Å². The Morgan fingerprint density at radius 3 is 2.62 bits per heavy atom. The van der Waals surface area contributed by atoms with E-state index < -0.39 is 14.6 Å². The van der Waals surface area contributed by atoms with Crippen molar-refractivity contribution in [3.05, 3.63) is 40.5 Å². The third-order valence-corrected chi connectivity index (χ3v) is 7.34. The van der Waals surface area contributed by atoms with Gasteiger partial charge in [0.2, 0.25) is 0 Å². The Bertz CT molecular complexity index is 926. The van der Waals surface area contributed by atoms with E-state index in [9.17, 15) is 8.42 Å². The number of anilines is 1. The molecule has 0 bridgehead atoms. The third kappa shape index (κ3) is 4.01. The van der Waals surface area contributed by atoms with Gasteiger partial charge in [-0.05, 0) is 51.7 Å². The molecule has 7 heteroatoms. The fourth-order valence-corrected chi connectivity index (χ4v) is 3.45. The second-order valence-corrected chi connectivity index (χ2v) is 10.5. The summed E-state index contributed by atoms with van der Waals surface area (Å²) in [5.74, 6) is 1.36. The van der Waals surface area contributed by atoms with Crippen LogP contribution in [-0.4, -0.2) is 35.9 Å². The van der Waals surface area contributed by atoms with Gasteiger partial charge in [-0.3, -0.25) is 0 Å². The lowest BCUT2D eigenvalue weighted by Gasteiger charge is -2.25. The highest BCUT2D eigenvalue weighted by Gasteiger charge is 2.30. The summed E-state index contributed by atoms with van der Waals surface area (Å²) in [4.78, 5) is 9.46. The summed E-state index contributed by atoms with van der Waals surface area (Å²) in [6.07, 6.45) is 5.29. The molecule has 0 fully saturated rings. The number of hydrogen-bond donors (Lipinski definition) is 1. The van der Waals surface area contributed by atoms with Gasteiger partial charge in [-0.15, -0.1) is 0 Å². The lowest BCUT2D eigenvalue weighted by Crippen LogP contribution is -2.38. The van der Waals surface area contributed by atoms with E-state index in [0.29, 0.717) is 17.4 Å². The Kier molecular flexibility index (Phi) is 5.26. The molecule has 1 N–H and O–H groups in total. The monoisotopic (exact) mass is 393 g/mol.